The zero-order valence-corrected chi connectivity index (χ0v) is 11.0. The molecule has 0 radical (unpaired) electrons. The minimum absolute atomic E-state index is 0.259. The summed E-state index contributed by atoms with van der Waals surface area (Å²) in [5, 5.41) is 0. The number of hydrogen-bond acceptors (Lipinski definition) is 4. The van der Waals surface area contributed by atoms with Crippen molar-refractivity contribution in [1.29, 1.82) is 0 Å². The molecule has 0 amide bonds. The monoisotopic (exact) mass is 260 g/mol. The molecule has 0 aromatic heterocycles. The first-order valence-corrected chi connectivity index (χ1v) is 6.01. The standard InChI is InChI=1S/C15H16O4/c1-10(16)8-13(18)9-14(19)15(11(2)17)12-6-4-3-5-7-12/h3-7,15H,8-9H2,1-2H3. The SMILES string of the molecule is CC(=O)CC(=O)CC(=O)C(C(C)=O)c1ccccc1. The summed E-state index contributed by atoms with van der Waals surface area (Å²) in [4.78, 5) is 45.9. The van der Waals surface area contributed by atoms with Gasteiger partial charge in [-0.25, -0.2) is 0 Å². The highest BCUT2D eigenvalue weighted by molar-refractivity contribution is 6.15. The summed E-state index contributed by atoms with van der Waals surface area (Å²) in [5.74, 6) is -2.40. The molecule has 1 rings (SSSR count). The third-order valence-electron chi connectivity index (χ3n) is 2.68. The molecule has 0 fully saturated rings. The van der Waals surface area contributed by atoms with Gasteiger partial charge in [-0.2, -0.15) is 0 Å². The molecule has 0 aliphatic heterocycles. The molecule has 0 heterocycles. The molecule has 4 heteroatoms. The third-order valence-corrected chi connectivity index (χ3v) is 2.68. The fourth-order valence-corrected chi connectivity index (χ4v) is 1.93. The summed E-state index contributed by atoms with van der Waals surface area (Å²) in [7, 11) is 0. The van der Waals surface area contributed by atoms with Crippen molar-refractivity contribution >= 4 is 23.1 Å². The van der Waals surface area contributed by atoms with E-state index in [1.807, 2.05) is 0 Å². The molecule has 19 heavy (non-hydrogen) atoms. The van der Waals surface area contributed by atoms with Crippen LogP contribution < -0.4 is 0 Å². The number of carbonyl (C=O) groups excluding carboxylic acids is 4. The Balaban J connectivity index is 2.84. The maximum absolute atomic E-state index is 12.0. The van der Waals surface area contributed by atoms with Gasteiger partial charge in [0.2, 0.25) is 0 Å². The van der Waals surface area contributed by atoms with Crippen LogP contribution in [0.1, 0.15) is 38.2 Å². The average Bonchev–Trinajstić information content (AvgIpc) is 2.28. The van der Waals surface area contributed by atoms with Crippen LogP contribution in [0, 0.1) is 0 Å². The summed E-state index contributed by atoms with van der Waals surface area (Å²) < 4.78 is 0. The first-order valence-electron chi connectivity index (χ1n) is 6.01. The molecular weight excluding hydrogens is 244 g/mol. The molecule has 0 N–H and O–H groups in total. The van der Waals surface area contributed by atoms with Crippen molar-refractivity contribution in [2.24, 2.45) is 0 Å². The van der Waals surface area contributed by atoms with Crippen LogP contribution in [0.25, 0.3) is 0 Å². The summed E-state index contributed by atoms with van der Waals surface area (Å²) in [5.41, 5.74) is 0.579. The summed E-state index contributed by atoms with van der Waals surface area (Å²) >= 11 is 0. The van der Waals surface area contributed by atoms with E-state index in [1.54, 1.807) is 30.3 Å². The lowest BCUT2D eigenvalue weighted by Crippen LogP contribution is -2.23. The molecule has 4 nitrogen and oxygen atoms in total. The van der Waals surface area contributed by atoms with Gasteiger partial charge in [-0.1, -0.05) is 30.3 Å². The molecule has 1 aromatic carbocycles. The lowest BCUT2D eigenvalue weighted by atomic mass is 9.88. The van der Waals surface area contributed by atoms with E-state index in [2.05, 4.69) is 0 Å². The van der Waals surface area contributed by atoms with Gasteiger partial charge in [0.05, 0.1) is 12.8 Å². The van der Waals surface area contributed by atoms with Gasteiger partial charge in [0, 0.05) is 0 Å². The molecule has 100 valence electrons. The largest absolute Gasteiger partial charge is 0.300 e. The molecule has 0 aliphatic rings. The van der Waals surface area contributed by atoms with E-state index in [4.69, 9.17) is 0 Å². The quantitative estimate of drug-likeness (QED) is 0.702. The van der Waals surface area contributed by atoms with Crippen LogP contribution in [-0.4, -0.2) is 23.1 Å². The molecule has 1 aromatic rings. The fraction of sp³-hybridized carbons (Fsp3) is 0.333. The maximum Gasteiger partial charge on any atom is 0.155 e. The highest BCUT2D eigenvalue weighted by Crippen LogP contribution is 2.19. The van der Waals surface area contributed by atoms with Gasteiger partial charge in [-0.05, 0) is 19.4 Å². The highest BCUT2D eigenvalue weighted by Gasteiger charge is 2.26. The maximum atomic E-state index is 12.0. The molecule has 0 bridgehead atoms. The van der Waals surface area contributed by atoms with Gasteiger partial charge in [-0.3, -0.25) is 19.2 Å². The van der Waals surface area contributed by atoms with Crippen molar-refractivity contribution < 1.29 is 19.2 Å². The fourth-order valence-electron chi connectivity index (χ4n) is 1.93. The van der Waals surface area contributed by atoms with Crippen molar-refractivity contribution in [1.82, 2.24) is 0 Å². The highest BCUT2D eigenvalue weighted by atomic mass is 16.2. The van der Waals surface area contributed by atoms with Crippen molar-refractivity contribution in [2.75, 3.05) is 0 Å². The van der Waals surface area contributed by atoms with Gasteiger partial charge in [0.25, 0.3) is 0 Å². The second-order valence-electron chi connectivity index (χ2n) is 4.51. The Kier molecular flexibility index (Phi) is 5.30. The normalized spacial score (nSPS) is 11.7. The summed E-state index contributed by atoms with van der Waals surface area (Å²) in [6.45, 7) is 2.62. The lowest BCUT2D eigenvalue weighted by molar-refractivity contribution is -0.131. The zero-order valence-electron chi connectivity index (χ0n) is 11.0. The minimum Gasteiger partial charge on any atom is -0.300 e. The van der Waals surface area contributed by atoms with Crippen LogP contribution in [0.4, 0.5) is 0 Å². The number of ketones is 4. The van der Waals surface area contributed by atoms with Gasteiger partial charge in [0.1, 0.15) is 23.3 Å². The summed E-state index contributed by atoms with van der Waals surface area (Å²) in [6, 6.07) is 8.61. The first-order chi connectivity index (χ1) is 8.91. The Morgan fingerprint density at radius 3 is 2.00 bits per heavy atom. The first kappa shape index (κ1) is 15.0. The number of rotatable bonds is 7. The molecule has 0 spiro atoms. The Morgan fingerprint density at radius 1 is 0.947 bits per heavy atom. The molecule has 0 aliphatic carbocycles. The van der Waals surface area contributed by atoms with Crippen molar-refractivity contribution in [3.8, 4) is 0 Å². The molecule has 1 unspecified atom stereocenters. The van der Waals surface area contributed by atoms with Crippen molar-refractivity contribution in [3.05, 3.63) is 35.9 Å². The van der Waals surface area contributed by atoms with Crippen LogP contribution in [0.3, 0.4) is 0 Å². The van der Waals surface area contributed by atoms with Gasteiger partial charge in [-0.15, -0.1) is 0 Å². The lowest BCUT2D eigenvalue weighted by Gasteiger charge is -2.12. The second kappa shape index (κ2) is 6.73. The number of Topliss-reactive ketones (excluding diaryl/α,β-unsaturated/α-hetero) is 4. The van der Waals surface area contributed by atoms with Gasteiger partial charge in [0.15, 0.2) is 5.78 Å². The predicted octanol–water partition coefficient (Wildman–Crippen LogP) is 1.87. The Hall–Kier alpha value is -2.10. The average molecular weight is 260 g/mol. The van der Waals surface area contributed by atoms with Crippen LogP contribution in [0.5, 0.6) is 0 Å². The van der Waals surface area contributed by atoms with E-state index < -0.39 is 17.5 Å². The van der Waals surface area contributed by atoms with Crippen LogP contribution >= 0.6 is 0 Å². The minimum atomic E-state index is -0.919. The van der Waals surface area contributed by atoms with Crippen molar-refractivity contribution in [3.63, 3.8) is 0 Å². The van der Waals surface area contributed by atoms with Crippen LogP contribution in [-0.2, 0) is 19.2 Å². The van der Waals surface area contributed by atoms with Crippen LogP contribution in [0.2, 0.25) is 0 Å². The van der Waals surface area contributed by atoms with E-state index in [0.29, 0.717) is 5.56 Å². The molecular formula is C15H16O4. The van der Waals surface area contributed by atoms with E-state index in [1.165, 1.54) is 13.8 Å². The van der Waals surface area contributed by atoms with Gasteiger partial charge < -0.3 is 0 Å². The molecule has 0 saturated carbocycles. The molecule has 0 saturated heterocycles. The van der Waals surface area contributed by atoms with Gasteiger partial charge >= 0.3 is 0 Å². The number of benzene rings is 1. The Labute approximate surface area is 111 Å². The van der Waals surface area contributed by atoms with Crippen molar-refractivity contribution in [2.45, 2.75) is 32.6 Å². The number of carbonyl (C=O) groups is 4. The molecule has 1 atom stereocenters. The van der Waals surface area contributed by atoms with E-state index in [0.717, 1.165) is 0 Å². The number of hydrogen-bond donors (Lipinski definition) is 0. The third kappa shape index (κ3) is 4.58. The Bertz CT molecular complexity index is 502. The van der Waals surface area contributed by atoms with Crippen LogP contribution in [0.15, 0.2) is 30.3 Å². The second-order valence-corrected chi connectivity index (χ2v) is 4.51. The van der Waals surface area contributed by atoms with E-state index in [-0.39, 0.29) is 24.4 Å². The smallest absolute Gasteiger partial charge is 0.155 e. The predicted molar refractivity (Wildman–Crippen MR) is 69.8 cm³/mol. The summed E-state index contributed by atoms with van der Waals surface area (Å²) in [6.07, 6.45) is -0.635. The Morgan fingerprint density at radius 2 is 1.53 bits per heavy atom. The topological polar surface area (TPSA) is 68.3 Å². The van der Waals surface area contributed by atoms with E-state index in [9.17, 15) is 19.2 Å². The van der Waals surface area contributed by atoms with E-state index >= 15 is 0 Å². The zero-order chi connectivity index (χ0) is 14.4.